The van der Waals surface area contributed by atoms with Gasteiger partial charge in [-0.3, -0.25) is 5.10 Å². The van der Waals surface area contributed by atoms with Crippen molar-refractivity contribution in [3.05, 3.63) is 41.6 Å². The zero-order valence-electron chi connectivity index (χ0n) is 9.81. The number of aryl methyl sites for hydroxylation is 1. The van der Waals surface area contributed by atoms with E-state index < -0.39 is 0 Å². The topological polar surface area (TPSA) is 82.9 Å². The lowest BCUT2D eigenvalue weighted by molar-refractivity contribution is 0.979. The molecule has 0 amide bonds. The van der Waals surface area contributed by atoms with Crippen molar-refractivity contribution in [2.75, 3.05) is 5.73 Å². The number of nitriles is 1. The van der Waals surface area contributed by atoms with E-state index in [0.29, 0.717) is 5.56 Å². The summed E-state index contributed by atoms with van der Waals surface area (Å²) >= 11 is 0. The summed E-state index contributed by atoms with van der Waals surface area (Å²) in [6.45, 7) is 1.89. The maximum absolute atomic E-state index is 8.94. The van der Waals surface area contributed by atoms with Crippen molar-refractivity contribution in [2.45, 2.75) is 6.92 Å². The number of aromatic amines is 1. The van der Waals surface area contributed by atoms with Crippen LogP contribution < -0.4 is 5.73 Å². The second-order valence-corrected chi connectivity index (χ2v) is 4.17. The Morgan fingerprint density at radius 2 is 2.06 bits per heavy atom. The van der Waals surface area contributed by atoms with Crippen molar-refractivity contribution >= 4 is 11.3 Å². The van der Waals surface area contributed by atoms with Gasteiger partial charge in [-0.25, -0.2) is 9.50 Å². The fourth-order valence-corrected chi connectivity index (χ4v) is 1.94. The Morgan fingerprint density at radius 1 is 1.33 bits per heavy atom. The Hall–Kier alpha value is -2.74. The first kappa shape index (κ1) is 10.4. The van der Waals surface area contributed by atoms with Crippen LogP contribution in [0.5, 0.6) is 0 Å². The predicted molar refractivity (Wildman–Crippen MR) is 68.8 cm³/mol. The number of benzene rings is 1. The highest BCUT2D eigenvalue weighted by molar-refractivity contribution is 5.64. The van der Waals surface area contributed by atoms with Gasteiger partial charge in [0.1, 0.15) is 6.07 Å². The van der Waals surface area contributed by atoms with Crippen molar-refractivity contribution in [2.24, 2.45) is 0 Å². The second-order valence-electron chi connectivity index (χ2n) is 4.17. The molecule has 0 saturated carbocycles. The number of aromatic nitrogens is 3. The minimum absolute atomic E-state index is 0.637. The quantitative estimate of drug-likeness (QED) is 0.636. The highest BCUT2D eigenvalue weighted by atomic mass is 15.3. The van der Waals surface area contributed by atoms with Gasteiger partial charge in [0.2, 0.25) is 0 Å². The van der Waals surface area contributed by atoms with Crippen LogP contribution in [-0.2, 0) is 0 Å². The van der Waals surface area contributed by atoms with Crippen LogP contribution in [0, 0.1) is 18.3 Å². The van der Waals surface area contributed by atoms with Gasteiger partial charge in [-0.2, -0.15) is 5.26 Å². The van der Waals surface area contributed by atoms with Gasteiger partial charge in [0.05, 0.1) is 5.56 Å². The van der Waals surface area contributed by atoms with Gasteiger partial charge in [-0.05, 0) is 31.2 Å². The summed E-state index contributed by atoms with van der Waals surface area (Å²) in [5, 5.41) is 12.1. The van der Waals surface area contributed by atoms with Crippen LogP contribution in [-0.4, -0.2) is 14.6 Å². The van der Waals surface area contributed by atoms with Crippen LogP contribution in [0.3, 0.4) is 0 Å². The Bertz CT molecular complexity index is 755. The van der Waals surface area contributed by atoms with Crippen LogP contribution in [0.25, 0.3) is 17.0 Å². The smallest absolute Gasteiger partial charge is 0.158 e. The summed E-state index contributed by atoms with van der Waals surface area (Å²) in [6.07, 6.45) is 1.75. The number of H-pyrrole nitrogens is 1. The minimum Gasteiger partial charge on any atom is -0.399 e. The summed E-state index contributed by atoms with van der Waals surface area (Å²) in [7, 11) is 0. The first-order valence-electron chi connectivity index (χ1n) is 5.52. The lowest BCUT2D eigenvalue weighted by Crippen LogP contribution is -1.86. The maximum Gasteiger partial charge on any atom is 0.158 e. The van der Waals surface area contributed by atoms with E-state index in [1.165, 1.54) is 0 Å². The summed E-state index contributed by atoms with van der Waals surface area (Å²) in [5.74, 6) is 0.762. The number of hydrogen-bond donors (Lipinski definition) is 2. The highest BCUT2D eigenvalue weighted by Gasteiger charge is 2.11. The molecule has 5 nitrogen and oxygen atoms in total. The largest absolute Gasteiger partial charge is 0.399 e. The van der Waals surface area contributed by atoms with Crippen LogP contribution in [0.1, 0.15) is 11.1 Å². The molecular formula is C13H11N5. The number of nitrogen functional groups attached to an aromatic ring is 1. The Morgan fingerprint density at radius 3 is 2.67 bits per heavy atom. The summed E-state index contributed by atoms with van der Waals surface area (Å²) < 4.78 is 1.76. The number of nitrogens with one attached hydrogen (secondary N) is 1. The lowest BCUT2D eigenvalue weighted by Gasteiger charge is -1.96. The van der Waals surface area contributed by atoms with Gasteiger partial charge in [0.25, 0.3) is 0 Å². The van der Waals surface area contributed by atoms with Crippen molar-refractivity contribution in [1.82, 2.24) is 14.6 Å². The van der Waals surface area contributed by atoms with Crippen molar-refractivity contribution in [3.8, 4) is 17.5 Å². The van der Waals surface area contributed by atoms with Gasteiger partial charge < -0.3 is 5.73 Å². The average molecular weight is 237 g/mol. The van der Waals surface area contributed by atoms with Crippen LogP contribution >= 0.6 is 0 Å². The molecule has 3 aromatic rings. The molecule has 0 bridgehead atoms. The molecule has 0 saturated heterocycles. The zero-order valence-corrected chi connectivity index (χ0v) is 9.81. The second kappa shape index (κ2) is 3.64. The Labute approximate surface area is 103 Å². The first-order chi connectivity index (χ1) is 8.69. The summed E-state index contributed by atoms with van der Waals surface area (Å²) in [5.41, 5.74) is 9.63. The standard InChI is InChI=1S/C13H11N5/c1-8-10(6-14)7-18-13(8)16-12(17-18)9-2-4-11(15)5-3-9/h2-5,7H,15H2,1H3,(H,16,17). The molecule has 0 spiro atoms. The minimum atomic E-state index is 0.637. The average Bonchev–Trinajstić information content (AvgIpc) is 2.90. The van der Waals surface area contributed by atoms with E-state index >= 15 is 0 Å². The monoisotopic (exact) mass is 237 g/mol. The third-order valence-electron chi connectivity index (χ3n) is 2.97. The third-order valence-corrected chi connectivity index (χ3v) is 2.97. The molecule has 0 aliphatic heterocycles. The molecule has 0 aliphatic carbocycles. The third kappa shape index (κ3) is 1.44. The van der Waals surface area contributed by atoms with Gasteiger partial charge in [-0.1, -0.05) is 0 Å². The molecule has 0 fully saturated rings. The number of anilines is 1. The molecule has 0 unspecified atom stereocenters. The SMILES string of the molecule is Cc1c(C#N)cn2[nH]c(-c3ccc(N)cc3)nc12. The molecule has 5 heteroatoms. The van der Waals surface area contributed by atoms with E-state index in [2.05, 4.69) is 16.2 Å². The van der Waals surface area contributed by atoms with Gasteiger partial charge >= 0.3 is 0 Å². The van der Waals surface area contributed by atoms with Crippen molar-refractivity contribution in [3.63, 3.8) is 0 Å². The van der Waals surface area contributed by atoms with Crippen LogP contribution in [0.4, 0.5) is 5.69 Å². The van der Waals surface area contributed by atoms with Gasteiger partial charge in [-0.15, -0.1) is 0 Å². The highest BCUT2D eigenvalue weighted by Crippen LogP contribution is 2.21. The number of hydrogen-bond acceptors (Lipinski definition) is 3. The molecule has 0 atom stereocenters. The van der Waals surface area contributed by atoms with E-state index in [1.54, 1.807) is 10.7 Å². The number of nitrogens with zero attached hydrogens (tertiary/aromatic N) is 3. The van der Waals surface area contributed by atoms with Gasteiger partial charge in [0, 0.05) is 23.0 Å². The van der Waals surface area contributed by atoms with E-state index in [9.17, 15) is 0 Å². The summed E-state index contributed by atoms with van der Waals surface area (Å²) in [6, 6.07) is 9.63. The molecule has 88 valence electrons. The molecular weight excluding hydrogens is 226 g/mol. The fourth-order valence-electron chi connectivity index (χ4n) is 1.94. The number of fused-ring (bicyclic) bond motifs is 1. The predicted octanol–water partition coefficient (Wildman–Crippen LogP) is 2.09. The summed E-state index contributed by atoms with van der Waals surface area (Å²) in [4.78, 5) is 4.50. The molecule has 3 rings (SSSR count). The Balaban J connectivity index is 2.15. The lowest BCUT2D eigenvalue weighted by atomic mass is 10.2. The molecule has 2 heterocycles. The van der Waals surface area contributed by atoms with Crippen LogP contribution in [0.2, 0.25) is 0 Å². The number of rotatable bonds is 1. The maximum atomic E-state index is 8.94. The van der Waals surface area contributed by atoms with Gasteiger partial charge in [0.15, 0.2) is 11.5 Å². The Kier molecular flexibility index (Phi) is 2.10. The first-order valence-corrected chi connectivity index (χ1v) is 5.52. The molecule has 18 heavy (non-hydrogen) atoms. The fraction of sp³-hybridized carbons (Fsp3) is 0.0769. The van der Waals surface area contributed by atoms with E-state index in [1.807, 2.05) is 31.2 Å². The number of nitrogens with two attached hydrogens (primary N) is 1. The molecule has 2 aromatic heterocycles. The molecule has 0 aliphatic rings. The molecule has 0 radical (unpaired) electrons. The zero-order chi connectivity index (χ0) is 12.7. The van der Waals surface area contributed by atoms with E-state index in [4.69, 9.17) is 11.0 Å². The van der Waals surface area contributed by atoms with E-state index in [-0.39, 0.29) is 0 Å². The van der Waals surface area contributed by atoms with Crippen molar-refractivity contribution < 1.29 is 0 Å². The molecule has 3 N–H and O–H groups in total. The van der Waals surface area contributed by atoms with Crippen molar-refractivity contribution in [1.29, 1.82) is 5.26 Å². The molecule has 1 aromatic carbocycles. The van der Waals surface area contributed by atoms with Crippen LogP contribution in [0.15, 0.2) is 30.5 Å². The van der Waals surface area contributed by atoms with E-state index in [0.717, 1.165) is 28.3 Å². The normalized spacial score (nSPS) is 10.7.